The number of carbonyl (C=O) groups excluding carboxylic acids is 1. The van der Waals surface area contributed by atoms with Crippen molar-refractivity contribution in [2.24, 2.45) is 0 Å². The van der Waals surface area contributed by atoms with Crippen LogP contribution < -0.4 is 9.47 Å². The molecular formula is C11H11ClO3. The minimum absolute atomic E-state index is 0.426. The van der Waals surface area contributed by atoms with E-state index in [1.807, 2.05) is 0 Å². The molecule has 0 aliphatic rings. The van der Waals surface area contributed by atoms with Crippen molar-refractivity contribution < 1.29 is 14.3 Å². The molecule has 0 amide bonds. The second-order valence-corrected chi connectivity index (χ2v) is 3.08. The highest BCUT2D eigenvalue weighted by Crippen LogP contribution is 2.37. The molecule has 0 fully saturated rings. The van der Waals surface area contributed by atoms with Crippen LogP contribution >= 0.6 is 11.6 Å². The van der Waals surface area contributed by atoms with Gasteiger partial charge in [-0.15, -0.1) is 0 Å². The van der Waals surface area contributed by atoms with E-state index in [2.05, 4.69) is 0 Å². The van der Waals surface area contributed by atoms with E-state index in [4.69, 9.17) is 21.1 Å². The average molecular weight is 227 g/mol. The van der Waals surface area contributed by atoms with Gasteiger partial charge in [-0.1, -0.05) is 17.7 Å². The van der Waals surface area contributed by atoms with Crippen LogP contribution in [0.25, 0.3) is 6.08 Å². The molecule has 0 saturated heterocycles. The van der Waals surface area contributed by atoms with Gasteiger partial charge in [0.1, 0.15) is 6.29 Å². The summed E-state index contributed by atoms with van der Waals surface area (Å²) in [5, 5.41) is 0.426. The van der Waals surface area contributed by atoms with Crippen molar-refractivity contribution in [3.8, 4) is 11.5 Å². The molecule has 1 rings (SSSR count). The van der Waals surface area contributed by atoms with E-state index in [9.17, 15) is 4.79 Å². The summed E-state index contributed by atoms with van der Waals surface area (Å²) >= 11 is 6.06. The largest absolute Gasteiger partial charge is 0.493 e. The molecule has 15 heavy (non-hydrogen) atoms. The highest BCUT2D eigenvalue weighted by Gasteiger charge is 2.10. The molecule has 1 aromatic carbocycles. The van der Waals surface area contributed by atoms with Gasteiger partial charge in [-0.3, -0.25) is 4.79 Å². The van der Waals surface area contributed by atoms with Gasteiger partial charge in [0, 0.05) is 0 Å². The zero-order valence-corrected chi connectivity index (χ0v) is 9.25. The standard InChI is InChI=1S/C11H11ClO3/c1-14-9-6-5-8(4-3-7-13)10(12)11(9)15-2/h3-7H,1-2H3. The van der Waals surface area contributed by atoms with Crippen LogP contribution in [-0.4, -0.2) is 20.5 Å². The molecule has 0 N–H and O–H groups in total. The maximum Gasteiger partial charge on any atom is 0.179 e. The van der Waals surface area contributed by atoms with Crippen molar-refractivity contribution >= 4 is 24.0 Å². The number of ether oxygens (including phenoxy) is 2. The van der Waals surface area contributed by atoms with E-state index in [0.29, 0.717) is 28.4 Å². The summed E-state index contributed by atoms with van der Waals surface area (Å²) in [6.07, 6.45) is 3.66. The van der Waals surface area contributed by atoms with Gasteiger partial charge in [0.15, 0.2) is 11.5 Å². The van der Waals surface area contributed by atoms with Gasteiger partial charge in [-0.05, 0) is 23.8 Å². The Bertz CT molecular complexity index is 386. The van der Waals surface area contributed by atoms with Crippen LogP contribution in [0, 0.1) is 0 Å². The fourth-order valence-electron chi connectivity index (χ4n) is 1.18. The van der Waals surface area contributed by atoms with E-state index in [0.717, 1.165) is 0 Å². The second kappa shape index (κ2) is 5.41. The quantitative estimate of drug-likeness (QED) is 0.585. The molecule has 0 atom stereocenters. The first-order chi connectivity index (χ1) is 7.24. The third kappa shape index (κ3) is 2.50. The third-order valence-corrected chi connectivity index (χ3v) is 2.26. The van der Waals surface area contributed by atoms with Gasteiger partial charge in [0.25, 0.3) is 0 Å². The molecule has 0 radical (unpaired) electrons. The fourth-order valence-corrected chi connectivity index (χ4v) is 1.47. The third-order valence-electron chi connectivity index (χ3n) is 1.87. The zero-order chi connectivity index (χ0) is 11.3. The Hall–Kier alpha value is -1.48. The molecule has 0 unspecified atom stereocenters. The van der Waals surface area contributed by atoms with E-state index in [1.165, 1.54) is 20.3 Å². The maximum atomic E-state index is 10.2. The van der Waals surface area contributed by atoms with E-state index >= 15 is 0 Å². The number of aldehydes is 1. The first-order valence-corrected chi connectivity index (χ1v) is 4.64. The van der Waals surface area contributed by atoms with Crippen LogP contribution in [0.15, 0.2) is 18.2 Å². The van der Waals surface area contributed by atoms with E-state index in [1.54, 1.807) is 18.2 Å². The van der Waals surface area contributed by atoms with Gasteiger partial charge in [-0.2, -0.15) is 0 Å². The fraction of sp³-hybridized carbons (Fsp3) is 0.182. The summed E-state index contributed by atoms with van der Waals surface area (Å²) < 4.78 is 10.2. The Kier molecular flexibility index (Phi) is 4.18. The van der Waals surface area contributed by atoms with Gasteiger partial charge in [-0.25, -0.2) is 0 Å². The molecule has 0 spiro atoms. The second-order valence-electron chi connectivity index (χ2n) is 2.70. The molecule has 0 aromatic heterocycles. The predicted octanol–water partition coefficient (Wildman–Crippen LogP) is 2.57. The number of methoxy groups -OCH3 is 2. The van der Waals surface area contributed by atoms with Crippen LogP contribution in [0.5, 0.6) is 11.5 Å². The summed E-state index contributed by atoms with van der Waals surface area (Å²) in [4.78, 5) is 10.2. The summed E-state index contributed by atoms with van der Waals surface area (Å²) in [7, 11) is 3.05. The number of hydrogen-bond acceptors (Lipinski definition) is 3. The topological polar surface area (TPSA) is 35.5 Å². The first-order valence-electron chi connectivity index (χ1n) is 4.27. The van der Waals surface area contributed by atoms with Crippen molar-refractivity contribution in [3.63, 3.8) is 0 Å². The lowest BCUT2D eigenvalue weighted by Crippen LogP contribution is -1.92. The average Bonchev–Trinajstić information content (AvgIpc) is 2.27. The molecule has 0 aliphatic carbocycles. The molecule has 0 aliphatic heterocycles. The zero-order valence-electron chi connectivity index (χ0n) is 8.49. The Morgan fingerprint density at radius 2 is 2.00 bits per heavy atom. The summed E-state index contributed by atoms with van der Waals surface area (Å²) in [5.74, 6) is 1.03. The SMILES string of the molecule is COc1ccc(C=CC=O)c(Cl)c1OC. The highest BCUT2D eigenvalue weighted by molar-refractivity contribution is 6.33. The van der Waals surface area contributed by atoms with Crippen molar-refractivity contribution in [2.75, 3.05) is 14.2 Å². The number of benzene rings is 1. The minimum atomic E-state index is 0.426. The lowest BCUT2D eigenvalue weighted by molar-refractivity contribution is -0.104. The Morgan fingerprint density at radius 3 is 2.53 bits per heavy atom. The minimum Gasteiger partial charge on any atom is -0.493 e. The molecule has 1 aromatic rings. The smallest absolute Gasteiger partial charge is 0.179 e. The lowest BCUT2D eigenvalue weighted by Gasteiger charge is -2.10. The molecule has 0 bridgehead atoms. The van der Waals surface area contributed by atoms with Crippen LogP contribution in [0.2, 0.25) is 5.02 Å². The monoisotopic (exact) mass is 226 g/mol. The van der Waals surface area contributed by atoms with Gasteiger partial charge >= 0.3 is 0 Å². The Morgan fingerprint density at radius 1 is 1.27 bits per heavy atom. The Labute approximate surface area is 93.3 Å². The van der Waals surface area contributed by atoms with Crippen LogP contribution in [0.4, 0.5) is 0 Å². The van der Waals surface area contributed by atoms with Crippen LogP contribution in [0.3, 0.4) is 0 Å². The van der Waals surface area contributed by atoms with E-state index in [-0.39, 0.29) is 0 Å². The van der Waals surface area contributed by atoms with Crippen LogP contribution in [0.1, 0.15) is 5.56 Å². The number of halogens is 1. The van der Waals surface area contributed by atoms with Crippen LogP contribution in [-0.2, 0) is 4.79 Å². The number of allylic oxidation sites excluding steroid dienone is 1. The summed E-state index contributed by atoms with van der Waals surface area (Å²) in [6.45, 7) is 0. The first kappa shape index (κ1) is 11.6. The summed E-state index contributed by atoms with van der Waals surface area (Å²) in [5.41, 5.74) is 0.710. The van der Waals surface area contributed by atoms with Gasteiger partial charge < -0.3 is 9.47 Å². The highest BCUT2D eigenvalue weighted by atomic mass is 35.5. The van der Waals surface area contributed by atoms with Crippen molar-refractivity contribution in [1.82, 2.24) is 0 Å². The maximum absolute atomic E-state index is 10.2. The van der Waals surface area contributed by atoms with Gasteiger partial charge in [0.05, 0.1) is 19.2 Å². The molecule has 80 valence electrons. The molecule has 3 nitrogen and oxygen atoms in total. The normalized spacial score (nSPS) is 10.3. The van der Waals surface area contributed by atoms with Crippen molar-refractivity contribution in [1.29, 1.82) is 0 Å². The molecule has 0 heterocycles. The van der Waals surface area contributed by atoms with E-state index < -0.39 is 0 Å². The molecule has 0 saturated carbocycles. The predicted molar refractivity (Wildman–Crippen MR) is 59.7 cm³/mol. The molecule has 4 heteroatoms. The Balaban J connectivity index is 3.22. The number of rotatable bonds is 4. The summed E-state index contributed by atoms with van der Waals surface area (Å²) in [6, 6.07) is 3.48. The van der Waals surface area contributed by atoms with Crippen molar-refractivity contribution in [2.45, 2.75) is 0 Å². The lowest BCUT2D eigenvalue weighted by atomic mass is 10.2. The molecular weight excluding hydrogens is 216 g/mol. The number of carbonyl (C=O) groups is 1. The van der Waals surface area contributed by atoms with Gasteiger partial charge in [0.2, 0.25) is 0 Å². The van der Waals surface area contributed by atoms with Crippen molar-refractivity contribution in [3.05, 3.63) is 28.8 Å². The number of hydrogen-bond donors (Lipinski definition) is 0.